The molecule has 0 bridgehead atoms. The highest BCUT2D eigenvalue weighted by Crippen LogP contribution is 2.09. The molecule has 0 N–H and O–H groups in total. The molecule has 0 fully saturated rings. The van der Waals surface area contributed by atoms with Crippen molar-refractivity contribution in [3.05, 3.63) is 0 Å². The molecule has 104 valence electrons. The molecule has 4 nitrogen and oxygen atoms in total. The summed E-state index contributed by atoms with van der Waals surface area (Å²) >= 11 is 5.60. The molecule has 0 aliphatic carbocycles. The Morgan fingerprint density at radius 3 is 2.24 bits per heavy atom. The van der Waals surface area contributed by atoms with Crippen LogP contribution in [-0.4, -0.2) is 49.7 Å². The number of hydrogen-bond acceptors (Lipinski definition) is 3. The second kappa shape index (κ2) is 8.29. The van der Waals surface area contributed by atoms with Crippen LogP contribution in [0.5, 0.6) is 0 Å². The molecular formula is C11H24ClNO3S. The van der Waals surface area contributed by atoms with Gasteiger partial charge >= 0.3 is 0 Å². The first-order valence-electron chi connectivity index (χ1n) is 5.98. The lowest BCUT2D eigenvalue weighted by Gasteiger charge is -2.25. The molecule has 17 heavy (non-hydrogen) atoms. The van der Waals surface area contributed by atoms with Crippen LogP contribution in [0, 0.1) is 0 Å². The summed E-state index contributed by atoms with van der Waals surface area (Å²) < 4.78 is 30.9. The maximum atomic E-state index is 12.1. The Hall–Kier alpha value is 0.160. The first-order chi connectivity index (χ1) is 7.81. The quantitative estimate of drug-likeness (QED) is 0.610. The fraction of sp³-hybridized carbons (Fsp3) is 1.00. The summed E-state index contributed by atoms with van der Waals surface area (Å²) in [7, 11) is -3.24. The average Bonchev–Trinajstić information content (AvgIpc) is 2.16. The Morgan fingerprint density at radius 2 is 1.82 bits per heavy atom. The lowest BCUT2D eigenvalue weighted by molar-refractivity contribution is 0.0905. The minimum atomic E-state index is -3.24. The summed E-state index contributed by atoms with van der Waals surface area (Å²) in [5.41, 5.74) is 0. The van der Waals surface area contributed by atoms with Crippen molar-refractivity contribution in [2.24, 2.45) is 0 Å². The molecule has 0 rings (SSSR count). The van der Waals surface area contributed by atoms with Gasteiger partial charge in [0, 0.05) is 18.5 Å². The maximum absolute atomic E-state index is 12.1. The number of alkyl halides is 1. The van der Waals surface area contributed by atoms with Gasteiger partial charge in [-0.25, -0.2) is 8.42 Å². The molecule has 0 aliphatic rings. The minimum absolute atomic E-state index is 0.0334. The summed E-state index contributed by atoms with van der Waals surface area (Å²) in [5.74, 6) is 0.507. The van der Waals surface area contributed by atoms with Gasteiger partial charge in [-0.3, -0.25) is 0 Å². The van der Waals surface area contributed by atoms with E-state index in [-0.39, 0.29) is 24.5 Å². The Bertz CT molecular complexity index is 291. The van der Waals surface area contributed by atoms with Crippen molar-refractivity contribution in [3.8, 4) is 0 Å². The number of nitrogens with zero attached hydrogens (tertiary/aromatic N) is 1. The third kappa shape index (κ3) is 7.24. The Morgan fingerprint density at radius 1 is 1.24 bits per heavy atom. The van der Waals surface area contributed by atoms with Gasteiger partial charge < -0.3 is 4.74 Å². The van der Waals surface area contributed by atoms with Crippen LogP contribution in [0.2, 0.25) is 0 Å². The van der Waals surface area contributed by atoms with E-state index in [2.05, 4.69) is 0 Å². The summed E-state index contributed by atoms with van der Waals surface area (Å²) in [6, 6.07) is -0.0396. The SMILES string of the molecule is CC(C)OCCS(=O)(=O)N(CCCCl)C(C)C. The molecule has 0 spiro atoms. The third-order valence-electron chi connectivity index (χ3n) is 2.24. The number of halogens is 1. The van der Waals surface area contributed by atoms with E-state index in [0.717, 1.165) is 0 Å². The Balaban J connectivity index is 4.39. The van der Waals surface area contributed by atoms with Gasteiger partial charge in [-0.1, -0.05) is 0 Å². The maximum Gasteiger partial charge on any atom is 0.216 e. The molecule has 0 atom stereocenters. The highest BCUT2D eigenvalue weighted by Gasteiger charge is 2.24. The third-order valence-corrected chi connectivity index (χ3v) is 4.51. The van der Waals surface area contributed by atoms with E-state index in [1.807, 2.05) is 27.7 Å². The van der Waals surface area contributed by atoms with Crippen molar-refractivity contribution in [2.45, 2.75) is 46.3 Å². The second-order valence-electron chi connectivity index (χ2n) is 4.48. The standard InChI is InChI=1S/C11H24ClNO3S/c1-10(2)13(7-5-6-12)17(14,15)9-8-16-11(3)4/h10-11H,5-9H2,1-4H3. The van der Waals surface area contributed by atoms with Crippen LogP contribution >= 0.6 is 11.6 Å². The fourth-order valence-corrected chi connectivity index (χ4v) is 3.15. The fourth-order valence-electron chi connectivity index (χ4n) is 1.44. The molecular weight excluding hydrogens is 262 g/mol. The molecule has 0 aromatic heterocycles. The number of sulfonamides is 1. The van der Waals surface area contributed by atoms with Crippen LogP contribution in [-0.2, 0) is 14.8 Å². The summed E-state index contributed by atoms with van der Waals surface area (Å²) in [6.07, 6.45) is 0.727. The molecule has 0 saturated carbocycles. The number of hydrogen-bond donors (Lipinski definition) is 0. The normalized spacial score (nSPS) is 12.9. The monoisotopic (exact) mass is 285 g/mol. The van der Waals surface area contributed by atoms with Crippen LogP contribution in [0.15, 0.2) is 0 Å². The molecule has 0 saturated heterocycles. The smallest absolute Gasteiger partial charge is 0.216 e. The lowest BCUT2D eigenvalue weighted by atomic mass is 10.4. The average molecular weight is 286 g/mol. The van der Waals surface area contributed by atoms with E-state index in [1.165, 1.54) is 4.31 Å². The van der Waals surface area contributed by atoms with Crippen molar-refractivity contribution >= 4 is 21.6 Å². The molecule has 0 aliphatic heterocycles. The molecule has 0 amide bonds. The first-order valence-corrected chi connectivity index (χ1v) is 8.12. The molecule has 0 aromatic carbocycles. The summed E-state index contributed by atoms with van der Waals surface area (Å²) in [4.78, 5) is 0. The first kappa shape index (κ1) is 17.2. The van der Waals surface area contributed by atoms with Gasteiger partial charge in [0.25, 0.3) is 0 Å². The van der Waals surface area contributed by atoms with Gasteiger partial charge in [0.1, 0.15) is 0 Å². The highest BCUT2D eigenvalue weighted by atomic mass is 35.5. The van der Waals surface area contributed by atoms with Gasteiger partial charge in [-0.15, -0.1) is 11.6 Å². The Kier molecular flexibility index (Phi) is 8.37. The second-order valence-corrected chi connectivity index (χ2v) is 6.90. The predicted octanol–water partition coefficient (Wildman–Crippen LogP) is 2.08. The topological polar surface area (TPSA) is 46.6 Å². The van der Waals surface area contributed by atoms with Gasteiger partial charge in [0.15, 0.2) is 0 Å². The van der Waals surface area contributed by atoms with Crippen LogP contribution in [0.4, 0.5) is 0 Å². The van der Waals surface area contributed by atoms with Crippen molar-refractivity contribution in [3.63, 3.8) is 0 Å². The van der Waals surface area contributed by atoms with Crippen LogP contribution in [0.25, 0.3) is 0 Å². The highest BCUT2D eigenvalue weighted by molar-refractivity contribution is 7.89. The molecule has 0 heterocycles. The summed E-state index contributed by atoms with van der Waals surface area (Å²) in [6.45, 7) is 8.24. The van der Waals surface area contributed by atoms with Crippen LogP contribution in [0.1, 0.15) is 34.1 Å². The molecule has 6 heteroatoms. The van der Waals surface area contributed by atoms with Crippen molar-refractivity contribution in [2.75, 3.05) is 24.8 Å². The predicted molar refractivity (Wildman–Crippen MR) is 72.1 cm³/mol. The lowest BCUT2D eigenvalue weighted by Crippen LogP contribution is -2.40. The van der Waals surface area contributed by atoms with Crippen LogP contribution < -0.4 is 0 Å². The van der Waals surface area contributed by atoms with Crippen LogP contribution in [0.3, 0.4) is 0 Å². The number of ether oxygens (including phenoxy) is 1. The molecule has 0 unspecified atom stereocenters. The zero-order valence-electron chi connectivity index (χ0n) is 11.1. The van der Waals surface area contributed by atoms with Gasteiger partial charge in [0.2, 0.25) is 10.0 Å². The van der Waals surface area contributed by atoms with Crippen molar-refractivity contribution < 1.29 is 13.2 Å². The van der Waals surface area contributed by atoms with E-state index in [1.54, 1.807) is 0 Å². The molecule has 0 aromatic rings. The summed E-state index contributed by atoms with van der Waals surface area (Å²) in [5, 5.41) is 0. The zero-order valence-corrected chi connectivity index (χ0v) is 12.7. The van der Waals surface area contributed by atoms with Gasteiger partial charge in [-0.2, -0.15) is 4.31 Å². The minimum Gasteiger partial charge on any atom is -0.378 e. The van der Waals surface area contributed by atoms with Crippen molar-refractivity contribution in [1.29, 1.82) is 0 Å². The van der Waals surface area contributed by atoms with Crippen molar-refractivity contribution in [1.82, 2.24) is 4.31 Å². The van der Waals surface area contributed by atoms with E-state index in [0.29, 0.717) is 18.8 Å². The van der Waals surface area contributed by atoms with E-state index < -0.39 is 10.0 Å². The number of rotatable bonds is 9. The largest absolute Gasteiger partial charge is 0.378 e. The van der Waals surface area contributed by atoms with E-state index >= 15 is 0 Å². The van der Waals surface area contributed by atoms with E-state index in [9.17, 15) is 8.42 Å². The Labute approximate surface area is 110 Å². The van der Waals surface area contributed by atoms with Gasteiger partial charge in [-0.05, 0) is 34.1 Å². The van der Waals surface area contributed by atoms with E-state index in [4.69, 9.17) is 16.3 Å². The zero-order chi connectivity index (χ0) is 13.5. The molecule has 0 radical (unpaired) electrons. The van der Waals surface area contributed by atoms with Gasteiger partial charge in [0.05, 0.1) is 18.5 Å².